The number of allylic oxidation sites excluding steroid dienone is 1. The molecule has 0 saturated carbocycles. The Labute approximate surface area is 81.8 Å². The SMILES string of the molecule is CC=CCOCc1cc(C(=O)O)co1. The number of rotatable bonds is 5. The molecule has 0 aliphatic carbocycles. The highest BCUT2D eigenvalue weighted by Crippen LogP contribution is 2.08. The molecule has 1 N–H and O–H groups in total. The van der Waals surface area contributed by atoms with Crippen molar-refractivity contribution in [3.63, 3.8) is 0 Å². The van der Waals surface area contributed by atoms with Crippen molar-refractivity contribution >= 4 is 5.97 Å². The van der Waals surface area contributed by atoms with Crippen molar-refractivity contribution in [3.8, 4) is 0 Å². The van der Waals surface area contributed by atoms with Gasteiger partial charge in [-0.05, 0) is 13.0 Å². The maximum absolute atomic E-state index is 10.5. The first-order valence-corrected chi connectivity index (χ1v) is 4.23. The van der Waals surface area contributed by atoms with Crippen LogP contribution in [-0.4, -0.2) is 17.7 Å². The number of aromatic carboxylic acids is 1. The lowest BCUT2D eigenvalue weighted by molar-refractivity contribution is 0.0696. The van der Waals surface area contributed by atoms with E-state index in [0.29, 0.717) is 12.4 Å². The average Bonchev–Trinajstić information content (AvgIpc) is 2.61. The number of hydrogen-bond acceptors (Lipinski definition) is 3. The molecule has 0 aromatic carbocycles. The molecule has 1 heterocycles. The summed E-state index contributed by atoms with van der Waals surface area (Å²) in [6, 6.07) is 1.46. The topological polar surface area (TPSA) is 59.7 Å². The van der Waals surface area contributed by atoms with Crippen LogP contribution in [0.2, 0.25) is 0 Å². The normalized spacial score (nSPS) is 10.9. The molecule has 0 aliphatic heterocycles. The third-order valence-corrected chi connectivity index (χ3v) is 1.59. The second kappa shape index (κ2) is 5.24. The standard InChI is InChI=1S/C10H12O4/c1-2-3-4-13-7-9-5-8(6-14-9)10(11)12/h2-3,5-6H,4,7H2,1H3,(H,11,12). The van der Waals surface area contributed by atoms with E-state index in [2.05, 4.69) is 0 Å². The van der Waals surface area contributed by atoms with Crippen LogP contribution in [0.3, 0.4) is 0 Å². The highest BCUT2D eigenvalue weighted by atomic mass is 16.5. The van der Waals surface area contributed by atoms with E-state index in [1.807, 2.05) is 19.1 Å². The van der Waals surface area contributed by atoms with E-state index in [1.165, 1.54) is 12.3 Å². The maximum Gasteiger partial charge on any atom is 0.338 e. The lowest BCUT2D eigenvalue weighted by atomic mass is 10.3. The van der Waals surface area contributed by atoms with E-state index >= 15 is 0 Å². The summed E-state index contributed by atoms with van der Waals surface area (Å²) in [5.74, 6) is -0.472. The molecule has 0 unspecified atom stereocenters. The zero-order valence-corrected chi connectivity index (χ0v) is 7.90. The lowest BCUT2D eigenvalue weighted by Crippen LogP contribution is -1.93. The van der Waals surface area contributed by atoms with Crippen molar-refractivity contribution in [2.75, 3.05) is 6.61 Å². The zero-order chi connectivity index (χ0) is 10.4. The van der Waals surface area contributed by atoms with Gasteiger partial charge in [0.25, 0.3) is 0 Å². The quantitative estimate of drug-likeness (QED) is 0.578. The number of furan rings is 1. The van der Waals surface area contributed by atoms with Gasteiger partial charge < -0.3 is 14.3 Å². The number of carbonyl (C=O) groups is 1. The fourth-order valence-electron chi connectivity index (χ4n) is 0.892. The summed E-state index contributed by atoms with van der Waals surface area (Å²) in [4.78, 5) is 10.5. The van der Waals surface area contributed by atoms with E-state index in [1.54, 1.807) is 0 Å². The highest BCUT2D eigenvalue weighted by Gasteiger charge is 2.07. The van der Waals surface area contributed by atoms with Crippen LogP contribution in [0.1, 0.15) is 23.0 Å². The van der Waals surface area contributed by atoms with E-state index in [0.717, 1.165) is 0 Å². The Morgan fingerprint density at radius 1 is 1.71 bits per heavy atom. The first-order chi connectivity index (χ1) is 6.74. The summed E-state index contributed by atoms with van der Waals surface area (Å²) in [6.45, 7) is 2.69. The largest absolute Gasteiger partial charge is 0.478 e. The molecule has 0 radical (unpaired) electrons. The molecular formula is C10H12O4. The van der Waals surface area contributed by atoms with Crippen molar-refractivity contribution in [1.82, 2.24) is 0 Å². The van der Waals surface area contributed by atoms with E-state index in [9.17, 15) is 4.79 Å². The summed E-state index contributed by atoms with van der Waals surface area (Å²) in [6.07, 6.45) is 4.95. The fourth-order valence-corrected chi connectivity index (χ4v) is 0.892. The minimum Gasteiger partial charge on any atom is -0.478 e. The Morgan fingerprint density at radius 3 is 3.07 bits per heavy atom. The molecule has 1 aromatic rings. The number of hydrogen-bond donors (Lipinski definition) is 1. The van der Waals surface area contributed by atoms with Crippen LogP contribution >= 0.6 is 0 Å². The minimum absolute atomic E-state index is 0.148. The maximum atomic E-state index is 10.5. The number of carboxylic acids is 1. The van der Waals surface area contributed by atoms with E-state index in [4.69, 9.17) is 14.3 Å². The van der Waals surface area contributed by atoms with Crippen LogP contribution in [0.25, 0.3) is 0 Å². The first-order valence-electron chi connectivity index (χ1n) is 4.23. The van der Waals surface area contributed by atoms with E-state index < -0.39 is 5.97 Å². The molecule has 0 atom stereocenters. The van der Waals surface area contributed by atoms with Gasteiger partial charge in [0, 0.05) is 0 Å². The van der Waals surface area contributed by atoms with Gasteiger partial charge in [-0.3, -0.25) is 0 Å². The molecule has 0 fully saturated rings. The predicted molar refractivity (Wildman–Crippen MR) is 50.1 cm³/mol. The second-order valence-corrected chi connectivity index (χ2v) is 2.69. The third-order valence-electron chi connectivity index (χ3n) is 1.59. The second-order valence-electron chi connectivity index (χ2n) is 2.69. The lowest BCUT2D eigenvalue weighted by Gasteiger charge is -1.95. The monoisotopic (exact) mass is 196 g/mol. The van der Waals surface area contributed by atoms with Crippen LogP contribution in [-0.2, 0) is 11.3 Å². The Kier molecular flexibility index (Phi) is 3.94. The Morgan fingerprint density at radius 2 is 2.50 bits per heavy atom. The zero-order valence-electron chi connectivity index (χ0n) is 7.90. The molecule has 1 aromatic heterocycles. The Hall–Kier alpha value is -1.55. The van der Waals surface area contributed by atoms with Crippen LogP contribution in [0, 0.1) is 0 Å². The molecule has 76 valence electrons. The summed E-state index contributed by atoms with van der Waals surface area (Å²) >= 11 is 0. The molecule has 0 bridgehead atoms. The van der Waals surface area contributed by atoms with Gasteiger partial charge in [0.2, 0.25) is 0 Å². The van der Waals surface area contributed by atoms with Crippen LogP contribution in [0.15, 0.2) is 28.9 Å². The van der Waals surface area contributed by atoms with Crippen molar-refractivity contribution in [3.05, 3.63) is 35.8 Å². The Balaban J connectivity index is 2.40. The smallest absolute Gasteiger partial charge is 0.338 e. The summed E-state index contributed by atoms with van der Waals surface area (Å²) in [5, 5.41) is 8.60. The number of carboxylic acid groups (broad SMARTS) is 1. The van der Waals surface area contributed by atoms with Crippen LogP contribution < -0.4 is 0 Å². The molecule has 0 saturated heterocycles. The molecule has 0 aliphatic rings. The molecule has 1 rings (SSSR count). The van der Waals surface area contributed by atoms with Gasteiger partial charge in [-0.15, -0.1) is 0 Å². The molecule has 0 spiro atoms. The highest BCUT2D eigenvalue weighted by molar-refractivity contribution is 5.87. The Bertz CT molecular complexity index is 325. The third kappa shape index (κ3) is 3.06. The molecule has 4 nitrogen and oxygen atoms in total. The average molecular weight is 196 g/mol. The van der Waals surface area contributed by atoms with Gasteiger partial charge >= 0.3 is 5.97 Å². The predicted octanol–water partition coefficient (Wildman–Crippen LogP) is 2.07. The fraction of sp³-hybridized carbons (Fsp3) is 0.300. The van der Waals surface area contributed by atoms with Gasteiger partial charge in [-0.25, -0.2) is 4.79 Å². The summed E-state index contributed by atoms with van der Waals surface area (Å²) in [5.41, 5.74) is 0.148. The van der Waals surface area contributed by atoms with Gasteiger partial charge in [0.1, 0.15) is 18.6 Å². The number of ether oxygens (including phenoxy) is 1. The van der Waals surface area contributed by atoms with Gasteiger partial charge in [-0.1, -0.05) is 12.2 Å². The summed E-state index contributed by atoms with van der Waals surface area (Å²) in [7, 11) is 0. The van der Waals surface area contributed by atoms with Crippen LogP contribution in [0.4, 0.5) is 0 Å². The van der Waals surface area contributed by atoms with Gasteiger partial charge in [-0.2, -0.15) is 0 Å². The van der Waals surface area contributed by atoms with Crippen molar-refractivity contribution < 1.29 is 19.1 Å². The molecule has 4 heteroatoms. The van der Waals surface area contributed by atoms with Crippen molar-refractivity contribution in [1.29, 1.82) is 0 Å². The summed E-state index contributed by atoms with van der Waals surface area (Å²) < 4.78 is 10.2. The van der Waals surface area contributed by atoms with Crippen LogP contribution in [0.5, 0.6) is 0 Å². The molecule has 0 amide bonds. The van der Waals surface area contributed by atoms with Gasteiger partial charge in [0.15, 0.2) is 0 Å². The first kappa shape index (κ1) is 10.5. The van der Waals surface area contributed by atoms with E-state index in [-0.39, 0.29) is 12.2 Å². The van der Waals surface area contributed by atoms with Gasteiger partial charge in [0.05, 0.1) is 12.2 Å². The van der Waals surface area contributed by atoms with Crippen molar-refractivity contribution in [2.45, 2.75) is 13.5 Å². The minimum atomic E-state index is -0.992. The molecular weight excluding hydrogens is 184 g/mol. The van der Waals surface area contributed by atoms with Crippen molar-refractivity contribution in [2.24, 2.45) is 0 Å². The molecule has 14 heavy (non-hydrogen) atoms.